The van der Waals surface area contributed by atoms with Crippen molar-refractivity contribution in [2.75, 3.05) is 11.9 Å². The number of carbonyl (C=O) groups is 1. The summed E-state index contributed by atoms with van der Waals surface area (Å²) in [6, 6.07) is 33.4. The molecular weight excluding hydrogens is 470 g/mol. The number of benzene rings is 4. The van der Waals surface area contributed by atoms with Gasteiger partial charge in [0.25, 0.3) is 0 Å². The van der Waals surface area contributed by atoms with Gasteiger partial charge in [-0.3, -0.25) is 5.10 Å². The number of nitrogens with one attached hydrogen (secondary N) is 1. The highest BCUT2D eigenvalue weighted by Gasteiger charge is 2.15. The van der Waals surface area contributed by atoms with Gasteiger partial charge >= 0.3 is 5.97 Å². The maximum absolute atomic E-state index is 10.9. The maximum atomic E-state index is 10.9. The van der Waals surface area contributed by atoms with Crippen LogP contribution in [0.15, 0.2) is 109 Å². The standard InChI is InChI=1S/C33H29N3O2/c1-3-30(24-14-17-29(18-15-24)36(2)28-7-5-4-6-8-28)33(26-16-19-31-27(21-26)22-34-35-31)25-12-9-23(10-13-25)11-20-32(37)38/h4-22H,3H2,1-2H3,(H,34,35)(H,37,38)/b20-11+,33-30-. The molecule has 0 fully saturated rings. The number of para-hydroxylation sites is 1. The SMILES string of the molecule is CC/C(=C(\c1ccc(/C=C/C(=O)O)cc1)c1ccc2[nH]ncc2c1)c1ccc(N(C)c2ccccc2)cc1. The summed E-state index contributed by atoms with van der Waals surface area (Å²) >= 11 is 0. The molecule has 188 valence electrons. The summed E-state index contributed by atoms with van der Waals surface area (Å²) in [5.41, 5.74) is 9.81. The van der Waals surface area contributed by atoms with E-state index in [0.717, 1.165) is 62.6 Å². The van der Waals surface area contributed by atoms with Crippen LogP contribution in [-0.2, 0) is 4.79 Å². The first kappa shape index (κ1) is 24.8. The Morgan fingerprint density at radius 3 is 2.21 bits per heavy atom. The Labute approximate surface area is 222 Å². The summed E-state index contributed by atoms with van der Waals surface area (Å²) in [4.78, 5) is 13.1. The smallest absolute Gasteiger partial charge is 0.328 e. The van der Waals surface area contributed by atoms with Gasteiger partial charge in [-0.25, -0.2) is 4.79 Å². The third-order valence-corrected chi connectivity index (χ3v) is 6.75. The molecule has 5 rings (SSSR count). The third-order valence-electron chi connectivity index (χ3n) is 6.75. The van der Waals surface area contributed by atoms with Crippen molar-refractivity contribution in [1.29, 1.82) is 0 Å². The van der Waals surface area contributed by atoms with Gasteiger partial charge in [0.15, 0.2) is 0 Å². The Morgan fingerprint density at radius 2 is 1.53 bits per heavy atom. The molecule has 0 aliphatic heterocycles. The fourth-order valence-corrected chi connectivity index (χ4v) is 4.75. The highest BCUT2D eigenvalue weighted by molar-refractivity contribution is 6.00. The van der Waals surface area contributed by atoms with Crippen molar-refractivity contribution in [2.24, 2.45) is 0 Å². The molecule has 5 nitrogen and oxygen atoms in total. The molecule has 2 N–H and O–H groups in total. The second kappa shape index (κ2) is 11.0. The number of aromatic nitrogens is 2. The molecule has 1 heterocycles. The second-order valence-corrected chi connectivity index (χ2v) is 9.11. The van der Waals surface area contributed by atoms with Crippen LogP contribution in [-0.4, -0.2) is 28.3 Å². The lowest BCUT2D eigenvalue weighted by molar-refractivity contribution is -0.131. The molecule has 0 saturated carbocycles. The van der Waals surface area contributed by atoms with E-state index in [9.17, 15) is 4.79 Å². The molecule has 0 aliphatic rings. The lowest BCUT2D eigenvalue weighted by atomic mass is 9.87. The molecule has 0 saturated heterocycles. The molecule has 1 aromatic heterocycles. The zero-order valence-corrected chi connectivity index (χ0v) is 21.4. The van der Waals surface area contributed by atoms with Crippen molar-refractivity contribution in [3.63, 3.8) is 0 Å². The maximum Gasteiger partial charge on any atom is 0.328 e. The lowest BCUT2D eigenvalue weighted by Crippen LogP contribution is -2.09. The van der Waals surface area contributed by atoms with Crippen molar-refractivity contribution >= 4 is 45.5 Å². The number of rotatable bonds is 8. The zero-order chi connectivity index (χ0) is 26.5. The van der Waals surface area contributed by atoms with Crippen molar-refractivity contribution in [3.8, 4) is 0 Å². The number of carboxylic acids is 1. The topological polar surface area (TPSA) is 69.2 Å². The van der Waals surface area contributed by atoms with E-state index in [-0.39, 0.29) is 0 Å². The van der Waals surface area contributed by atoms with Gasteiger partial charge in [0.1, 0.15) is 0 Å². The number of H-pyrrole nitrogens is 1. The van der Waals surface area contributed by atoms with E-state index in [1.807, 2.05) is 36.5 Å². The number of nitrogens with zero attached hydrogens (tertiary/aromatic N) is 2. The van der Waals surface area contributed by atoms with E-state index in [1.165, 1.54) is 5.57 Å². The number of anilines is 2. The van der Waals surface area contributed by atoms with Gasteiger partial charge < -0.3 is 10.0 Å². The largest absolute Gasteiger partial charge is 0.478 e. The monoisotopic (exact) mass is 499 g/mol. The van der Waals surface area contributed by atoms with E-state index < -0.39 is 5.97 Å². The van der Waals surface area contributed by atoms with Crippen LogP contribution >= 0.6 is 0 Å². The number of fused-ring (bicyclic) bond motifs is 1. The predicted octanol–water partition coefficient (Wildman–Crippen LogP) is 7.80. The van der Waals surface area contributed by atoms with Crippen LogP contribution in [0.25, 0.3) is 28.1 Å². The zero-order valence-electron chi connectivity index (χ0n) is 21.4. The van der Waals surface area contributed by atoms with E-state index in [4.69, 9.17) is 5.11 Å². The predicted molar refractivity (Wildman–Crippen MR) is 156 cm³/mol. The third kappa shape index (κ3) is 5.27. The Balaban J connectivity index is 1.60. The summed E-state index contributed by atoms with van der Waals surface area (Å²) in [6.07, 6.45) is 5.45. The number of aliphatic carboxylic acids is 1. The average Bonchev–Trinajstić information content (AvgIpc) is 3.43. The van der Waals surface area contributed by atoms with Gasteiger partial charge in [-0.05, 0) is 82.3 Å². The summed E-state index contributed by atoms with van der Waals surface area (Å²) in [7, 11) is 2.08. The Kier molecular flexibility index (Phi) is 7.18. The van der Waals surface area contributed by atoms with Crippen LogP contribution in [0.4, 0.5) is 11.4 Å². The van der Waals surface area contributed by atoms with Gasteiger partial charge in [0, 0.05) is 29.9 Å². The van der Waals surface area contributed by atoms with E-state index in [2.05, 4.69) is 95.8 Å². The quantitative estimate of drug-likeness (QED) is 0.169. The normalized spacial score (nSPS) is 12.1. The molecule has 38 heavy (non-hydrogen) atoms. The Morgan fingerprint density at radius 1 is 0.868 bits per heavy atom. The molecule has 5 aromatic rings. The van der Waals surface area contributed by atoms with Gasteiger partial charge in [-0.2, -0.15) is 5.10 Å². The molecule has 0 spiro atoms. The summed E-state index contributed by atoms with van der Waals surface area (Å²) in [5, 5.41) is 17.3. The molecular formula is C33H29N3O2. The van der Waals surface area contributed by atoms with E-state index >= 15 is 0 Å². The van der Waals surface area contributed by atoms with Crippen molar-refractivity contribution < 1.29 is 9.90 Å². The van der Waals surface area contributed by atoms with Gasteiger partial charge in [-0.1, -0.05) is 67.6 Å². The minimum absolute atomic E-state index is 0.840. The Hall–Kier alpha value is -4.90. The molecule has 0 aliphatic carbocycles. The minimum Gasteiger partial charge on any atom is -0.478 e. The molecule has 0 radical (unpaired) electrons. The van der Waals surface area contributed by atoms with Crippen LogP contribution in [0.3, 0.4) is 0 Å². The number of hydrogen-bond donors (Lipinski definition) is 2. The number of allylic oxidation sites excluding steroid dienone is 1. The first-order chi connectivity index (χ1) is 18.5. The highest BCUT2D eigenvalue weighted by atomic mass is 16.4. The molecule has 0 amide bonds. The van der Waals surface area contributed by atoms with Gasteiger partial charge in [-0.15, -0.1) is 0 Å². The van der Waals surface area contributed by atoms with Crippen LogP contribution in [0.1, 0.15) is 35.6 Å². The van der Waals surface area contributed by atoms with Gasteiger partial charge in [0.05, 0.1) is 11.7 Å². The summed E-state index contributed by atoms with van der Waals surface area (Å²) in [5.74, 6) is -0.960. The minimum atomic E-state index is -0.960. The fraction of sp³-hybridized carbons (Fsp3) is 0.0909. The number of aromatic amines is 1. The Bertz CT molecular complexity index is 1610. The fourth-order valence-electron chi connectivity index (χ4n) is 4.75. The molecule has 5 heteroatoms. The number of hydrogen-bond acceptors (Lipinski definition) is 3. The van der Waals surface area contributed by atoms with Crippen molar-refractivity contribution in [2.45, 2.75) is 13.3 Å². The molecule has 4 aromatic carbocycles. The van der Waals surface area contributed by atoms with Crippen LogP contribution in [0, 0.1) is 0 Å². The molecule has 0 bridgehead atoms. The number of carboxylic acid groups (broad SMARTS) is 1. The van der Waals surface area contributed by atoms with Crippen LogP contribution in [0.2, 0.25) is 0 Å². The summed E-state index contributed by atoms with van der Waals surface area (Å²) in [6.45, 7) is 2.18. The first-order valence-corrected chi connectivity index (χ1v) is 12.6. The summed E-state index contributed by atoms with van der Waals surface area (Å²) < 4.78 is 0. The van der Waals surface area contributed by atoms with E-state index in [0.29, 0.717) is 0 Å². The second-order valence-electron chi connectivity index (χ2n) is 9.11. The van der Waals surface area contributed by atoms with Gasteiger partial charge in [0.2, 0.25) is 0 Å². The van der Waals surface area contributed by atoms with Crippen LogP contribution < -0.4 is 4.90 Å². The van der Waals surface area contributed by atoms with Crippen molar-refractivity contribution in [1.82, 2.24) is 10.2 Å². The van der Waals surface area contributed by atoms with Crippen LogP contribution in [0.5, 0.6) is 0 Å². The van der Waals surface area contributed by atoms with Crippen molar-refractivity contribution in [3.05, 3.63) is 132 Å². The average molecular weight is 500 g/mol. The highest BCUT2D eigenvalue weighted by Crippen LogP contribution is 2.36. The van der Waals surface area contributed by atoms with E-state index in [1.54, 1.807) is 6.08 Å². The first-order valence-electron chi connectivity index (χ1n) is 12.6. The molecule has 0 atom stereocenters. The molecule has 0 unspecified atom stereocenters. The lowest BCUT2D eigenvalue weighted by Gasteiger charge is -2.21.